The third-order valence-corrected chi connectivity index (χ3v) is 5.14. The third kappa shape index (κ3) is 3.42. The average molecular weight is 395 g/mol. The van der Waals surface area contributed by atoms with Gasteiger partial charge in [0.15, 0.2) is 5.78 Å². The number of aliphatic carboxylic acids is 1. The van der Waals surface area contributed by atoms with Gasteiger partial charge in [0, 0.05) is 12.2 Å². The molecule has 4 rings (SSSR count). The van der Waals surface area contributed by atoms with E-state index in [1.165, 1.54) is 0 Å². The maximum absolute atomic E-state index is 12.3. The summed E-state index contributed by atoms with van der Waals surface area (Å²) in [6.07, 6.45) is 2.49. The summed E-state index contributed by atoms with van der Waals surface area (Å²) in [5.41, 5.74) is 2.25. The highest BCUT2D eigenvalue weighted by Crippen LogP contribution is 2.40. The molecule has 0 atom stereocenters. The first kappa shape index (κ1) is 19.3. The lowest BCUT2D eigenvalue weighted by atomic mass is 9.77. The quantitative estimate of drug-likeness (QED) is 0.274. The van der Waals surface area contributed by atoms with E-state index in [1.54, 1.807) is 12.5 Å². The predicted molar refractivity (Wildman–Crippen MR) is 111 cm³/mol. The number of aromatic nitrogens is 2. The molecule has 0 saturated heterocycles. The molecule has 0 N–H and O–H groups in total. The number of hydrogen-bond acceptors (Lipinski definition) is 4. The van der Waals surface area contributed by atoms with Crippen LogP contribution in [0.3, 0.4) is 0 Å². The van der Waals surface area contributed by atoms with Crippen LogP contribution in [0.2, 0.25) is 0 Å². The van der Waals surface area contributed by atoms with E-state index in [2.05, 4.69) is 4.98 Å². The number of ketones is 1. The molecule has 1 aromatic heterocycles. The predicted octanol–water partition coefficient (Wildman–Crippen LogP) is 3.05. The van der Waals surface area contributed by atoms with Crippen LogP contribution in [0.15, 0.2) is 104 Å². The first-order chi connectivity index (χ1) is 14.6. The monoisotopic (exact) mass is 395 g/mol. The summed E-state index contributed by atoms with van der Waals surface area (Å²) < 4.78 is 1.87. The van der Waals surface area contributed by atoms with E-state index in [1.807, 2.05) is 95.6 Å². The van der Waals surface area contributed by atoms with Crippen molar-refractivity contribution < 1.29 is 14.7 Å². The minimum Gasteiger partial charge on any atom is -0.550 e. The maximum atomic E-state index is 12.3. The number of imidazole rings is 1. The molecule has 0 aliphatic rings. The lowest BCUT2D eigenvalue weighted by Gasteiger charge is -2.37. The summed E-state index contributed by atoms with van der Waals surface area (Å²) in [5, 5.41) is 10.9. The fraction of sp³-hybridized carbons (Fsp3) is 0.0800. The van der Waals surface area contributed by atoms with Gasteiger partial charge in [0.1, 0.15) is 11.2 Å². The van der Waals surface area contributed by atoms with E-state index in [0.29, 0.717) is 0 Å². The fourth-order valence-electron chi connectivity index (χ4n) is 3.86. The van der Waals surface area contributed by atoms with Gasteiger partial charge >= 0.3 is 0 Å². The van der Waals surface area contributed by atoms with Crippen LogP contribution in [-0.4, -0.2) is 21.3 Å². The van der Waals surface area contributed by atoms with Crippen LogP contribution < -0.4 is 5.11 Å². The van der Waals surface area contributed by atoms with Gasteiger partial charge in [-0.3, -0.25) is 4.79 Å². The SMILES string of the molecule is O=C([O-])CC(=O)c1cn(C(c2ccccc2)(c2ccccc2)c2ccccc2)cn1. The average Bonchev–Trinajstić information content (AvgIpc) is 3.27. The van der Waals surface area contributed by atoms with Gasteiger partial charge in [-0.15, -0.1) is 0 Å². The highest BCUT2D eigenvalue weighted by molar-refractivity contribution is 6.03. The first-order valence-corrected chi connectivity index (χ1v) is 9.56. The standard InChI is InChI=1S/C25H20N2O3/c28-23(16-24(29)30)22-17-27(18-26-22)25(19-10-4-1-5-11-19,20-12-6-2-7-13-20)21-14-8-3-9-15-21/h1-15,17-18H,16H2,(H,29,30)/p-1. The Morgan fingerprint density at radius 1 is 0.767 bits per heavy atom. The van der Waals surface area contributed by atoms with Crippen molar-refractivity contribution in [2.45, 2.75) is 12.0 Å². The van der Waals surface area contributed by atoms with Gasteiger partial charge in [-0.1, -0.05) is 91.0 Å². The number of carbonyl (C=O) groups excluding carboxylic acids is 2. The van der Waals surface area contributed by atoms with Gasteiger partial charge in [0.05, 0.1) is 12.7 Å². The number of hydrogen-bond donors (Lipinski definition) is 0. The summed E-state index contributed by atoms with van der Waals surface area (Å²) in [4.78, 5) is 27.4. The summed E-state index contributed by atoms with van der Waals surface area (Å²) in [6.45, 7) is 0. The van der Waals surface area contributed by atoms with Crippen molar-refractivity contribution in [3.8, 4) is 0 Å². The molecule has 5 heteroatoms. The van der Waals surface area contributed by atoms with Crippen molar-refractivity contribution in [2.75, 3.05) is 0 Å². The van der Waals surface area contributed by atoms with Crippen LogP contribution in [0.1, 0.15) is 33.6 Å². The number of rotatable bonds is 7. The topological polar surface area (TPSA) is 75.0 Å². The molecule has 0 fully saturated rings. The molecule has 0 radical (unpaired) electrons. The number of nitrogens with zero attached hydrogens (tertiary/aromatic N) is 2. The molecule has 0 aliphatic carbocycles. The van der Waals surface area contributed by atoms with Crippen LogP contribution in [0, 0.1) is 0 Å². The van der Waals surface area contributed by atoms with Crippen LogP contribution in [0.4, 0.5) is 0 Å². The van der Waals surface area contributed by atoms with Gasteiger partial charge in [-0.05, 0) is 16.7 Å². The highest BCUT2D eigenvalue weighted by atomic mass is 16.4. The van der Waals surface area contributed by atoms with Crippen LogP contribution in [-0.2, 0) is 10.3 Å². The minimum atomic E-state index is -1.42. The summed E-state index contributed by atoms with van der Waals surface area (Å²) >= 11 is 0. The van der Waals surface area contributed by atoms with Gasteiger partial charge in [-0.2, -0.15) is 0 Å². The van der Waals surface area contributed by atoms with Crippen LogP contribution in [0.25, 0.3) is 0 Å². The molecule has 1 heterocycles. The highest BCUT2D eigenvalue weighted by Gasteiger charge is 2.38. The number of benzene rings is 3. The van der Waals surface area contributed by atoms with Crippen molar-refractivity contribution in [3.05, 3.63) is 126 Å². The van der Waals surface area contributed by atoms with E-state index >= 15 is 0 Å². The van der Waals surface area contributed by atoms with Gasteiger partial charge < -0.3 is 14.5 Å². The Morgan fingerprint density at radius 2 is 1.20 bits per heavy atom. The molecule has 0 bridgehead atoms. The Balaban J connectivity index is 2.00. The van der Waals surface area contributed by atoms with Gasteiger partial charge in [0.25, 0.3) is 0 Å². The lowest BCUT2D eigenvalue weighted by molar-refractivity contribution is -0.304. The molecule has 30 heavy (non-hydrogen) atoms. The molecule has 148 valence electrons. The molecule has 0 amide bonds. The lowest BCUT2D eigenvalue weighted by Crippen LogP contribution is -2.37. The van der Waals surface area contributed by atoms with Crippen LogP contribution in [0.5, 0.6) is 0 Å². The van der Waals surface area contributed by atoms with Gasteiger partial charge in [-0.25, -0.2) is 4.98 Å². The molecular weight excluding hydrogens is 376 g/mol. The Labute approximate surface area is 174 Å². The number of Topliss-reactive ketones (excluding diaryl/α,β-unsaturated/α-hetero) is 1. The normalized spacial score (nSPS) is 11.2. The zero-order chi connectivity index (χ0) is 21.0. The van der Waals surface area contributed by atoms with E-state index in [-0.39, 0.29) is 5.69 Å². The van der Waals surface area contributed by atoms with Crippen molar-refractivity contribution in [1.82, 2.24) is 9.55 Å². The molecule has 0 saturated carbocycles. The van der Waals surface area contributed by atoms with Crippen molar-refractivity contribution in [2.24, 2.45) is 0 Å². The maximum Gasteiger partial charge on any atom is 0.188 e. The zero-order valence-corrected chi connectivity index (χ0v) is 16.1. The third-order valence-electron chi connectivity index (χ3n) is 5.14. The molecule has 4 aromatic rings. The minimum absolute atomic E-state index is 0.0892. The second-order valence-corrected chi connectivity index (χ2v) is 6.95. The molecule has 0 aliphatic heterocycles. The second kappa shape index (κ2) is 8.17. The second-order valence-electron chi connectivity index (χ2n) is 6.95. The van der Waals surface area contributed by atoms with Gasteiger partial charge in [0.2, 0.25) is 0 Å². The largest absolute Gasteiger partial charge is 0.550 e. The molecule has 0 spiro atoms. The van der Waals surface area contributed by atoms with E-state index in [9.17, 15) is 14.7 Å². The van der Waals surface area contributed by atoms with E-state index in [4.69, 9.17) is 0 Å². The Bertz CT molecular complexity index is 1060. The molecular formula is C25H19N2O3-. The van der Waals surface area contributed by atoms with Crippen molar-refractivity contribution in [3.63, 3.8) is 0 Å². The summed E-state index contributed by atoms with van der Waals surface area (Å²) in [5.74, 6) is -2.01. The van der Waals surface area contributed by atoms with E-state index in [0.717, 1.165) is 16.7 Å². The van der Waals surface area contributed by atoms with Crippen molar-refractivity contribution >= 4 is 11.8 Å². The Hall–Kier alpha value is -3.99. The number of carboxylic acids is 1. The summed E-state index contributed by atoms with van der Waals surface area (Å²) in [7, 11) is 0. The van der Waals surface area contributed by atoms with E-state index < -0.39 is 23.7 Å². The molecule has 0 unspecified atom stereocenters. The molecule has 3 aromatic carbocycles. The van der Waals surface area contributed by atoms with Crippen LogP contribution >= 0.6 is 0 Å². The molecule has 5 nitrogen and oxygen atoms in total. The first-order valence-electron chi connectivity index (χ1n) is 9.56. The zero-order valence-electron chi connectivity index (χ0n) is 16.1. The smallest absolute Gasteiger partial charge is 0.188 e. The summed E-state index contributed by atoms with van der Waals surface area (Å²) in [6, 6.07) is 29.8. The van der Waals surface area contributed by atoms with Crippen molar-refractivity contribution in [1.29, 1.82) is 0 Å². The number of carboxylic acid groups (broad SMARTS) is 1. The fourth-order valence-corrected chi connectivity index (χ4v) is 3.86. The Kier molecular flexibility index (Phi) is 5.26. The number of carbonyl (C=O) groups is 2. The Morgan fingerprint density at radius 3 is 1.60 bits per heavy atom.